The number of nitrogens with zero attached hydrogens (tertiary/aromatic N) is 1. The summed E-state index contributed by atoms with van der Waals surface area (Å²) in [5.74, 6) is -1.07. The number of aliphatic carboxylic acids is 1. The molecule has 0 aromatic rings. The van der Waals surface area contributed by atoms with Crippen molar-refractivity contribution < 1.29 is 19.4 Å². The second-order valence-electron chi connectivity index (χ2n) is 5.19. The van der Waals surface area contributed by atoms with Crippen LogP contribution in [0.3, 0.4) is 0 Å². The van der Waals surface area contributed by atoms with Gasteiger partial charge in [0.05, 0.1) is 12.2 Å². The highest BCUT2D eigenvalue weighted by atomic mass is 16.5. The molecule has 18 heavy (non-hydrogen) atoms. The Morgan fingerprint density at radius 1 is 1.39 bits per heavy atom. The third-order valence-corrected chi connectivity index (χ3v) is 3.25. The lowest BCUT2D eigenvalue weighted by Crippen LogP contribution is -2.40. The van der Waals surface area contributed by atoms with Crippen LogP contribution in [0.15, 0.2) is 0 Å². The van der Waals surface area contributed by atoms with E-state index in [1.165, 1.54) is 4.90 Å². The number of amides is 1. The van der Waals surface area contributed by atoms with Gasteiger partial charge in [-0.15, -0.1) is 0 Å². The van der Waals surface area contributed by atoms with Gasteiger partial charge in [0.25, 0.3) is 0 Å². The minimum atomic E-state index is -0.970. The van der Waals surface area contributed by atoms with Crippen LogP contribution in [0.2, 0.25) is 0 Å². The molecule has 1 aliphatic rings. The largest absolute Gasteiger partial charge is 0.480 e. The molecule has 5 heteroatoms. The van der Waals surface area contributed by atoms with Crippen LogP contribution in [0.25, 0.3) is 0 Å². The fourth-order valence-corrected chi connectivity index (χ4v) is 2.23. The lowest BCUT2D eigenvalue weighted by Gasteiger charge is -2.25. The molecule has 104 valence electrons. The number of carboxylic acids is 1. The fraction of sp³-hybridized carbons (Fsp3) is 0.846. The lowest BCUT2D eigenvalue weighted by atomic mass is 10.1. The molecule has 1 amide bonds. The number of ether oxygens (including phenoxy) is 1. The van der Waals surface area contributed by atoms with Gasteiger partial charge >= 0.3 is 5.97 Å². The van der Waals surface area contributed by atoms with E-state index in [-0.39, 0.29) is 30.7 Å². The lowest BCUT2D eigenvalue weighted by molar-refractivity contribution is -0.146. The topological polar surface area (TPSA) is 66.8 Å². The van der Waals surface area contributed by atoms with Gasteiger partial charge in [0.1, 0.15) is 6.54 Å². The molecule has 0 bridgehead atoms. The minimum Gasteiger partial charge on any atom is -0.480 e. The van der Waals surface area contributed by atoms with E-state index in [1.807, 2.05) is 20.8 Å². The van der Waals surface area contributed by atoms with Crippen molar-refractivity contribution in [3.05, 3.63) is 0 Å². The standard InChI is InChI=1S/C13H23NO4/c1-9(2)14(8-13(16)17)12(15)7-6-11-5-4-10(3)18-11/h9-11H,4-8H2,1-3H3,(H,16,17). The van der Waals surface area contributed by atoms with E-state index >= 15 is 0 Å². The van der Waals surface area contributed by atoms with E-state index < -0.39 is 5.97 Å². The molecule has 5 nitrogen and oxygen atoms in total. The van der Waals surface area contributed by atoms with Crippen LogP contribution in [-0.4, -0.2) is 46.7 Å². The zero-order valence-electron chi connectivity index (χ0n) is 11.4. The summed E-state index contributed by atoms with van der Waals surface area (Å²) in [5, 5.41) is 8.78. The first-order valence-corrected chi connectivity index (χ1v) is 6.57. The van der Waals surface area contributed by atoms with Crippen molar-refractivity contribution in [2.45, 2.75) is 64.7 Å². The van der Waals surface area contributed by atoms with Crippen molar-refractivity contribution in [2.24, 2.45) is 0 Å². The number of hydrogen-bond acceptors (Lipinski definition) is 3. The highest BCUT2D eigenvalue weighted by molar-refractivity contribution is 5.81. The molecular formula is C13H23NO4. The summed E-state index contributed by atoms with van der Waals surface area (Å²) in [4.78, 5) is 24.1. The molecule has 0 radical (unpaired) electrons. The smallest absolute Gasteiger partial charge is 0.323 e. The Morgan fingerprint density at radius 3 is 2.50 bits per heavy atom. The molecule has 0 aromatic carbocycles. The predicted molar refractivity (Wildman–Crippen MR) is 67.3 cm³/mol. The third kappa shape index (κ3) is 4.64. The third-order valence-electron chi connectivity index (χ3n) is 3.25. The molecule has 1 aliphatic heterocycles. The first-order valence-electron chi connectivity index (χ1n) is 6.57. The summed E-state index contributed by atoms with van der Waals surface area (Å²) in [6.45, 7) is 5.47. The monoisotopic (exact) mass is 257 g/mol. The fourth-order valence-electron chi connectivity index (χ4n) is 2.23. The maximum atomic E-state index is 12.0. The number of carboxylic acid groups (broad SMARTS) is 1. The number of rotatable bonds is 6. The second kappa shape index (κ2) is 6.73. The zero-order chi connectivity index (χ0) is 13.7. The van der Waals surface area contributed by atoms with Gasteiger partial charge in [-0.25, -0.2) is 0 Å². The van der Waals surface area contributed by atoms with Gasteiger partial charge in [0.15, 0.2) is 0 Å². The summed E-state index contributed by atoms with van der Waals surface area (Å²) < 4.78 is 5.65. The molecule has 0 aromatic heterocycles. The highest BCUT2D eigenvalue weighted by Crippen LogP contribution is 2.23. The van der Waals surface area contributed by atoms with Gasteiger partial charge in [-0.2, -0.15) is 0 Å². The summed E-state index contributed by atoms with van der Waals surface area (Å²) in [7, 11) is 0. The van der Waals surface area contributed by atoms with Crippen molar-refractivity contribution >= 4 is 11.9 Å². The Hall–Kier alpha value is -1.10. The van der Waals surface area contributed by atoms with Gasteiger partial charge in [0, 0.05) is 12.5 Å². The Morgan fingerprint density at radius 2 is 2.06 bits per heavy atom. The SMILES string of the molecule is CC1CCC(CCC(=O)N(CC(=O)O)C(C)C)O1. The molecule has 0 spiro atoms. The Kier molecular flexibility index (Phi) is 5.59. The minimum absolute atomic E-state index is 0.0861. The Balaban J connectivity index is 2.39. The first kappa shape index (κ1) is 15.0. The van der Waals surface area contributed by atoms with Gasteiger partial charge < -0.3 is 14.7 Å². The van der Waals surface area contributed by atoms with Crippen molar-refractivity contribution in [3.63, 3.8) is 0 Å². The van der Waals surface area contributed by atoms with Crippen molar-refractivity contribution in [3.8, 4) is 0 Å². The van der Waals surface area contributed by atoms with Gasteiger partial charge in [-0.3, -0.25) is 9.59 Å². The van der Waals surface area contributed by atoms with Crippen molar-refractivity contribution in [1.82, 2.24) is 4.90 Å². The van der Waals surface area contributed by atoms with Crippen molar-refractivity contribution in [1.29, 1.82) is 0 Å². The maximum absolute atomic E-state index is 12.0. The van der Waals surface area contributed by atoms with E-state index in [1.54, 1.807) is 0 Å². The van der Waals surface area contributed by atoms with E-state index in [4.69, 9.17) is 9.84 Å². The van der Waals surface area contributed by atoms with Gasteiger partial charge in [-0.05, 0) is 40.0 Å². The van der Waals surface area contributed by atoms with Crippen LogP contribution in [0.4, 0.5) is 0 Å². The predicted octanol–water partition coefficient (Wildman–Crippen LogP) is 1.66. The van der Waals surface area contributed by atoms with Crippen LogP contribution in [0.5, 0.6) is 0 Å². The number of carbonyl (C=O) groups is 2. The molecule has 0 saturated carbocycles. The quantitative estimate of drug-likeness (QED) is 0.785. The van der Waals surface area contributed by atoms with E-state index in [0.29, 0.717) is 12.8 Å². The molecule has 1 N–H and O–H groups in total. The first-order chi connectivity index (χ1) is 8.40. The van der Waals surface area contributed by atoms with Gasteiger partial charge in [0.2, 0.25) is 5.91 Å². The molecule has 1 fully saturated rings. The Bertz CT molecular complexity index is 303. The molecular weight excluding hydrogens is 234 g/mol. The molecule has 2 unspecified atom stereocenters. The Labute approximate surface area is 108 Å². The average molecular weight is 257 g/mol. The highest BCUT2D eigenvalue weighted by Gasteiger charge is 2.25. The summed E-state index contributed by atoms with van der Waals surface area (Å²) in [5.41, 5.74) is 0. The van der Waals surface area contributed by atoms with E-state index in [0.717, 1.165) is 12.8 Å². The number of carbonyl (C=O) groups excluding carboxylic acids is 1. The average Bonchev–Trinajstić information content (AvgIpc) is 2.68. The van der Waals surface area contributed by atoms with Crippen molar-refractivity contribution in [2.75, 3.05) is 6.54 Å². The number of hydrogen-bond donors (Lipinski definition) is 1. The zero-order valence-corrected chi connectivity index (χ0v) is 11.4. The summed E-state index contributed by atoms with van der Waals surface area (Å²) >= 11 is 0. The van der Waals surface area contributed by atoms with Crippen LogP contribution in [0.1, 0.15) is 46.5 Å². The van der Waals surface area contributed by atoms with Crippen LogP contribution >= 0.6 is 0 Å². The van der Waals surface area contributed by atoms with Crippen LogP contribution in [-0.2, 0) is 14.3 Å². The van der Waals surface area contributed by atoms with Gasteiger partial charge in [-0.1, -0.05) is 0 Å². The molecule has 2 atom stereocenters. The molecule has 1 saturated heterocycles. The molecule has 1 rings (SSSR count). The summed E-state index contributed by atoms with van der Waals surface area (Å²) in [6, 6.07) is -0.0861. The molecule has 1 heterocycles. The molecule has 0 aliphatic carbocycles. The van der Waals surface area contributed by atoms with E-state index in [9.17, 15) is 9.59 Å². The van der Waals surface area contributed by atoms with E-state index in [2.05, 4.69) is 0 Å². The summed E-state index contributed by atoms with van der Waals surface area (Å²) in [6.07, 6.45) is 3.53. The maximum Gasteiger partial charge on any atom is 0.323 e. The van der Waals surface area contributed by atoms with Crippen LogP contribution in [0, 0.1) is 0 Å². The normalized spacial score (nSPS) is 23.3. The second-order valence-corrected chi connectivity index (χ2v) is 5.19. The van der Waals surface area contributed by atoms with Crippen LogP contribution < -0.4 is 0 Å².